The van der Waals surface area contributed by atoms with Gasteiger partial charge in [0.2, 0.25) is 5.91 Å². The van der Waals surface area contributed by atoms with Gasteiger partial charge >= 0.3 is 0 Å². The van der Waals surface area contributed by atoms with Gasteiger partial charge in [-0.3, -0.25) is 4.79 Å². The molecule has 1 amide bonds. The summed E-state index contributed by atoms with van der Waals surface area (Å²) in [5.41, 5.74) is 3.18. The highest BCUT2D eigenvalue weighted by molar-refractivity contribution is 5.89. The summed E-state index contributed by atoms with van der Waals surface area (Å²) >= 11 is 0. The smallest absolute Gasteiger partial charge is 0.224 e. The second-order valence-electron chi connectivity index (χ2n) is 7.86. The summed E-state index contributed by atoms with van der Waals surface area (Å²) in [6.45, 7) is 0.658. The number of halogens is 1. The molecule has 28 heavy (non-hydrogen) atoms. The molecule has 0 spiro atoms. The summed E-state index contributed by atoms with van der Waals surface area (Å²) in [5, 5.41) is 4.36. The van der Waals surface area contributed by atoms with Gasteiger partial charge in [0, 0.05) is 29.7 Å². The lowest BCUT2D eigenvalue weighted by Crippen LogP contribution is -2.35. The molecule has 1 heterocycles. The molecule has 1 fully saturated rings. The molecule has 2 aromatic carbocycles. The number of nitrogens with one attached hydrogen (secondary N) is 1. The van der Waals surface area contributed by atoms with Crippen LogP contribution in [0.4, 0.5) is 4.39 Å². The zero-order valence-electron chi connectivity index (χ0n) is 16.2. The van der Waals surface area contributed by atoms with Crippen molar-refractivity contribution in [2.45, 2.75) is 57.5 Å². The van der Waals surface area contributed by atoms with Crippen LogP contribution in [0.15, 0.2) is 54.7 Å². The summed E-state index contributed by atoms with van der Waals surface area (Å²) in [5.74, 6) is -0.117. The molecule has 1 aromatic heterocycles. The van der Waals surface area contributed by atoms with Crippen LogP contribution in [0, 0.1) is 5.82 Å². The molecule has 0 atom stereocenters. The first kappa shape index (κ1) is 18.7. The molecular weight excluding hydrogens is 351 g/mol. The standard InChI is InChI=1S/C24H27FN2O/c25-20-13-11-18(12-14-20)16-27-17-19(22-9-5-6-10-23(22)27)15-24(28)26-21-7-3-1-2-4-8-21/h5-6,9-14,17,21H,1-4,7-8,15-16H2,(H,26,28). The molecule has 4 heteroatoms. The Kier molecular flexibility index (Phi) is 5.75. The van der Waals surface area contributed by atoms with E-state index >= 15 is 0 Å². The molecule has 1 saturated carbocycles. The normalized spacial score (nSPS) is 15.5. The molecule has 0 saturated heterocycles. The highest BCUT2D eigenvalue weighted by atomic mass is 19.1. The van der Waals surface area contributed by atoms with E-state index in [-0.39, 0.29) is 11.7 Å². The predicted octanol–water partition coefficient (Wildman–Crippen LogP) is 5.21. The Labute approximate surface area is 165 Å². The van der Waals surface area contributed by atoms with Gasteiger partial charge < -0.3 is 9.88 Å². The quantitative estimate of drug-likeness (QED) is 0.608. The average molecular weight is 378 g/mol. The van der Waals surface area contributed by atoms with Crippen LogP contribution < -0.4 is 5.32 Å². The number of para-hydroxylation sites is 1. The van der Waals surface area contributed by atoms with Crippen LogP contribution in [0.3, 0.4) is 0 Å². The molecule has 0 radical (unpaired) electrons. The van der Waals surface area contributed by atoms with Crippen LogP contribution in [-0.2, 0) is 17.8 Å². The van der Waals surface area contributed by atoms with Crippen LogP contribution in [0.25, 0.3) is 10.9 Å². The van der Waals surface area contributed by atoms with E-state index in [1.807, 2.05) is 24.3 Å². The van der Waals surface area contributed by atoms with E-state index in [0.717, 1.165) is 34.9 Å². The number of carbonyl (C=O) groups excluding carboxylic acids is 1. The number of benzene rings is 2. The predicted molar refractivity (Wildman–Crippen MR) is 111 cm³/mol. The zero-order valence-corrected chi connectivity index (χ0v) is 16.2. The van der Waals surface area contributed by atoms with Gasteiger partial charge in [-0.05, 0) is 42.2 Å². The van der Waals surface area contributed by atoms with Crippen LogP contribution in [0.2, 0.25) is 0 Å². The van der Waals surface area contributed by atoms with Crippen molar-refractivity contribution in [3.05, 3.63) is 71.7 Å². The first-order valence-corrected chi connectivity index (χ1v) is 10.3. The maximum Gasteiger partial charge on any atom is 0.224 e. The Morgan fingerprint density at radius 3 is 2.46 bits per heavy atom. The van der Waals surface area contributed by atoms with Gasteiger partial charge in [0.15, 0.2) is 0 Å². The highest BCUT2D eigenvalue weighted by Crippen LogP contribution is 2.24. The Morgan fingerprint density at radius 2 is 1.71 bits per heavy atom. The Balaban J connectivity index is 1.52. The average Bonchev–Trinajstić information content (AvgIpc) is 2.86. The fraction of sp³-hybridized carbons (Fsp3) is 0.375. The number of aromatic nitrogens is 1. The number of amides is 1. The van der Waals surface area contributed by atoms with Gasteiger partial charge in [-0.2, -0.15) is 0 Å². The zero-order chi connectivity index (χ0) is 19.3. The van der Waals surface area contributed by atoms with Crippen LogP contribution in [0.1, 0.15) is 49.7 Å². The third kappa shape index (κ3) is 4.44. The maximum atomic E-state index is 13.2. The fourth-order valence-corrected chi connectivity index (χ4v) is 4.26. The van der Waals surface area contributed by atoms with Gasteiger partial charge in [0.1, 0.15) is 5.82 Å². The van der Waals surface area contributed by atoms with Crippen molar-refractivity contribution in [3.8, 4) is 0 Å². The minimum absolute atomic E-state index is 0.108. The van der Waals surface area contributed by atoms with Crippen molar-refractivity contribution in [1.29, 1.82) is 0 Å². The molecule has 1 aliphatic carbocycles. The lowest BCUT2D eigenvalue weighted by molar-refractivity contribution is -0.121. The number of rotatable bonds is 5. The number of hydrogen-bond donors (Lipinski definition) is 1. The third-order valence-electron chi connectivity index (χ3n) is 5.71. The first-order valence-electron chi connectivity index (χ1n) is 10.3. The molecular formula is C24H27FN2O. The molecule has 0 aliphatic heterocycles. The third-order valence-corrected chi connectivity index (χ3v) is 5.71. The summed E-state index contributed by atoms with van der Waals surface area (Å²) in [7, 11) is 0. The molecule has 0 bridgehead atoms. The number of nitrogens with zero attached hydrogens (tertiary/aromatic N) is 1. The minimum Gasteiger partial charge on any atom is -0.353 e. The summed E-state index contributed by atoms with van der Waals surface area (Å²) in [6.07, 6.45) is 9.64. The molecule has 146 valence electrons. The monoisotopic (exact) mass is 378 g/mol. The number of fused-ring (bicyclic) bond motifs is 1. The largest absolute Gasteiger partial charge is 0.353 e. The van der Waals surface area contributed by atoms with Gasteiger partial charge in [-0.1, -0.05) is 56.0 Å². The minimum atomic E-state index is -0.225. The van der Waals surface area contributed by atoms with Crippen LogP contribution in [-0.4, -0.2) is 16.5 Å². The van der Waals surface area contributed by atoms with E-state index in [2.05, 4.69) is 28.2 Å². The van der Waals surface area contributed by atoms with Crippen molar-refractivity contribution in [1.82, 2.24) is 9.88 Å². The number of hydrogen-bond acceptors (Lipinski definition) is 1. The fourth-order valence-electron chi connectivity index (χ4n) is 4.26. The van der Waals surface area contributed by atoms with Gasteiger partial charge in [0.25, 0.3) is 0 Å². The molecule has 4 rings (SSSR count). The number of carbonyl (C=O) groups is 1. The van der Waals surface area contributed by atoms with E-state index in [0.29, 0.717) is 19.0 Å². The van der Waals surface area contributed by atoms with Crippen molar-refractivity contribution >= 4 is 16.8 Å². The van der Waals surface area contributed by atoms with Crippen molar-refractivity contribution < 1.29 is 9.18 Å². The summed E-state index contributed by atoms with van der Waals surface area (Å²) < 4.78 is 15.3. The van der Waals surface area contributed by atoms with Crippen LogP contribution >= 0.6 is 0 Å². The Morgan fingerprint density at radius 1 is 1.00 bits per heavy atom. The van der Waals surface area contributed by atoms with Crippen molar-refractivity contribution in [2.24, 2.45) is 0 Å². The second-order valence-corrected chi connectivity index (χ2v) is 7.86. The second kappa shape index (κ2) is 8.59. The van der Waals surface area contributed by atoms with Crippen molar-refractivity contribution in [3.63, 3.8) is 0 Å². The lowest BCUT2D eigenvalue weighted by atomic mass is 10.1. The van der Waals surface area contributed by atoms with E-state index in [9.17, 15) is 9.18 Å². The Hall–Kier alpha value is -2.62. The maximum absolute atomic E-state index is 13.2. The summed E-state index contributed by atoms with van der Waals surface area (Å²) in [6, 6.07) is 15.1. The SMILES string of the molecule is O=C(Cc1cn(Cc2ccc(F)cc2)c2ccccc12)NC1CCCCCC1. The Bertz CT molecular complexity index is 937. The molecule has 1 N–H and O–H groups in total. The summed E-state index contributed by atoms with van der Waals surface area (Å²) in [4.78, 5) is 12.7. The van der Waals surface area contributed by atoms with Crippen molar-refractivity contribution in [2.75, 3.05) is 0 Å². The van der Waals surface area contributed by atoms with Gasteiger partial charge in [-0.15, -0.1) is 0 Å². The van der Waals surface area contributed by atoms with Gasteiger partial charge in [0.05, 0.1) is 6.42 Å². The highest BCUT2D eigenvalue weighted by Gasteiger charge is 2.17. The van der Waals surface area contributed by atoms with Gasteiger partial charge in [-0.25, -0.2) is 4.39 Å². The first-order chi connectivity index (χ1) is 13.7. The van der Waals surface area contributed by atoms with E-state index < -0.39 is 0 Å². The molecule has 3 aromatic rings. The molecule has 1 aliphatic rings. The molecule has 3 nitrogen and oxygen atoms in total. The lowest BCUT2D eigenvalue weighted by Gasteiger charge is -2.16. The van der Waals surface area contributed by atoms with E-state index in [1.54, 1.807) is 0 Å². The topological polar surface area (TPSA) is 34.0 Å². The van der Waals surface area contributed by atoms with E-state index in [4.69, 9.17) is 0 Å². The molecule has 0 unspecified atom stereocenters. The van der Waals surface area contributed by atoms with Crippen LogP contribution in [0.5, 0.6) is 0 Å². The van der Waals surface area contributed by atoms with E-state index in [1.165, 1.54) is 37.8 Å².